The lowest BCUT2D eigenvalue weighted by Crippen LogP contribution is -2.20. The summed E-state index contributed by atoms with van der Waals surface area (Å²) in [5.74, 6) is 1.62. The molecule has 0 aliphatic rings. The Morgan fingerprint density at radius 3 is 2.54 bits per heavy atom. The van der Waals surface area contributed by atoms with Crippen LogP contribution in [0.5, 0.6) is 17.5 Å². The van der Waals surface area contributed by atoms with Gasteiger partial charge >= 0.3 is 6.01 Å². The number of pyridine rings is 1. The van der Waals surface area contributed by atoms with Crippen molar-refractivity contribution < 1.29 is 9.47 Å². The molecule has 28 heavy (non-hydrogen) atoms. The van der Waals surface area contributed by atoms with Crippen molar-refractivity contribution in [2.45, 2.75) is 13.5 Å². The maximum Gasteiger partial charge on any atom is 0.343 e. The Morgan fingerprint density at radius 2 is 1.86 bits per heavy atom. The van der Waals surface area contributed by atoms with Crippen LogP contribution in [0.4, 0.5) is 0 Å². The van der Waals surface area contributed by atoms with Crippen LogP contribution in [0.2, 0.25) is 5.15 Å². The fraction of sp³-hybridized carbons (Fsp3) is 0.158. The molecule has 0 unspecified atom stereocenters. The van der Waals surface area contributed by atoms with Crippen LogP contribution in [0.25, 0.3) is 5.78 Å². The zero-order valence-electron chi connectivity index (χ0n) is 15.2. The van der Waals surface area contributed by atoms with Gasteiger partial charge in [0.15, 0.2) is 0 Å². The fourth-order valence-electron chi connectivity index (χ4n) is 2.75. The molecule has 3 aromatic heterocycles. The van der Waals surface area contributed by atoms with Crippen LogP contribution < -0.4 is 15.0 Å². The summed E-state index contributed by atoms with van der Waals surface area (Å²) in [5.41, 5.74) is 1.38. The molecule has 0 aliphatic heterocycles. The Hall–Kier alpha value is -3.39. The van der Waals surface area contributed by atoms with Gasteiger partial charge in [0.05, 0.1) is 13.7 Å². The van der Waals surface area contributed by atoms with E-state index < -0.39 is 0 Å². The summed E-state index contributed by atoms with van der Waals surface area (Å²) in [6, 6.07) is 12.2. The van der Waals surface area contributed by atoms with Gasteiger partial charge in [-0.05, 0) is 42.8 Å². The number of rotatable bonds is 5. The van der Waals surface area contributed by atoms with Gasteiger partial charge in [-0.1, -0.05) is 17.7 Å². The molecule has 0 saturated carbocycles. The Bertz CT molecular complexity index is 1180. The van der Waals surface area contributed by atoms with Gasteiger partial charge in [0.1, 0.15) is 16.7 Å². The normalized spacial score (nSPS) is 11.0. The van der Waals surface area contributed by atoms with Crippen LogP contribution in [0.1, 0.15) is 11.3 Å². The molecule has 3 heterocycles. The van der Waals surface area contributed by atoms with Crippen LogP contribution in [-0.4, -0.2) is 31.3 Å². The van der Waals surface area contributed by atoms with E-state index in [4.69, 9.17) is 21.1 Å². The number of aryl methyl sites for hydroxylation is 1. The van der Waals surface area contributed by atoms with E-state index >= 15 is 0 Å². The van der Waals surface area contributed by atoms with E-state index in [-0.39, 0.29) is 11.6 Å². The number of aromatic nitrogens is 5. The van der Waals surface area contributed by atoms with Gasteiger partial charge in [-0.25, -0.2) is 4.98 Å². The van der Waals surface area contributed by atoms with Crippen molar-refractivity contribution in [3.63, 3.8) is 0 Å². The van der Waals surface area contributed by atoms with Crippen LogP contribution >= 0.6 is 11.6 Å². The highest BCUT2D eigenvalue weighted by molar-refractivity contribution is 6.29. The molecule has 0 bridgehead atoms. The van der Waals surface area contributed by atoms with Gasteiger partial charge in [-0.2, -0.15) is 9.50 Å². The summed E-state index contributed by atoms with van der Waals surface area (Å²) in [6.07, 6.45) is 1.68. The standard InChI is InChI=1S/C19H16ClN5O3/c1-12-9-17(26)25-19(24(12)11-13-3-8-16(20)21-10-13)22-18(23-25)28-15-6-4-14(27-2)5-7-15/h3-10H,11H2,1-2H3. The summed E-state index contributed by atoms with van der Waals surface area (Å²) < 4.78 is 13.9. The number of hydrogen-bond donors (Lipinski definition) is 0. The molecule has 0 fully saturated rings. The first-order valence-corrected chi connectivity index (χ1v) is 8.81. The molecule has 9 heteroatoms. The van der Waals surface area contributed by atoms with E-state index in [2.05, 4.69) is 15.1 Å². The molecular weight excluding hydrogens is 382 g/mol. The highest BCUT2D eigenvalue weighted by atomic mass is 35.5. The van der Waals surface area contributed by atoms with E-state index in [0.717, 1.165) is 11.3 Å². The van der Waals surface area contributed by atoms with Crippen LogP contribution in [0.15, 0.2) is 53.5 Å². The average molecular weight is 398 g/mol. The number of hydrogen-bond acceptors (Lipinski definition) is 6. The van der Waals surface area contributed by atoms with E-state index in [9.17, 15) is 4.79 Å². The minimum absolute atomic E-state index is 0.0795. The number of fused-ring (bicyclic) bond motifs is 1. The quantitative estimate of drug-likeness (QED) is 0.481. The van der Waals surface area contributed by atoms with Gasteiger partial charge in [0.2, 0.25) is 5.78 Å². The Balaban J connectivity index is 1.71. The topological polar surface area (TPSA) is 83.5 Å². The Morgan fingerprint density at radius 1 is 1.11 bits per heavy atom. The van der Waals surface area contributed by atoms with Crippen LogP contribution in [0.3, 0.4) is 0 Å². The molecule has 0 atom stereocenters. The Kier molecular flexibility index (Phi) is 4.70. The second-order valence-corrected chi connectivity index (χ2v) is 6.47. The van der Waals surface area contributed by atoms with Crippen molar-refractivity contribution in [3.8, 4) is 17.5 Å². The van der Waals surface area contributed by atoms with Crippen molar-refractivity contribution >= 4 is 17.4 Å². The molecule has 0 aliphatic carbocycles. The minimum atomic E-state index is -0.282. The Labute approximate surface area is 165 Å². The SMILES string of the molecule is COc1ccc(Oc2nc3n(Cc4ccc(Cl)nc4)c(C)cc(=O)n3n2)cc1. The van der Waals surface area contributed by atoms with Crippen molar-refractivity contribution in [2.75, 3.05) is 7.11 Å². The number of ether oxygens (including phenoxy) is 2. The van der Waals surface area contributed by atoms with E-state index in [1.54, 1.807) is 43.6 Å². The average Bonchev–Trinajstić information content (AvgIpc) is 3.11. The molecular formula is C19H16ClN5O3. The van der Waals surface area contributed by atoms with E-state index in [1.807, 2.05) is 17.6 Å². The third-order valence-electron chi connectivity index (χ3n) is 4.18. The molecule has 142 valence electrons. The third-order valence-corrected chi connectivity index (χ3v) is 4.40. The van der Waals surface area contributed by atoms with Crippen molar-refractivity contribution in [3.05, 3.63) is 75.4 Å². The fourth-order valence-corrected chi connectivity index (χ4v) is 2.87. The van der Waals surface area contributed by atoms with Crippen molar-refractivity contribution in [1.29, 1.82) is 0 Å². The van der Waals surface area contributed by atoms with Crippen molar-refractivity contribution in [1.82, 2.24) is 24.1 Å². The van der Waals surface area contributed by atoms with Gasteiger partial charge < -0.3 is 14.0 Å². The summed E-state index contributed by atoms with van der Waals surface area (Å²) in [4.78, 5) is 20.8. The number of nitrogens with zero attached hydrogens (tertiary/aromatic N) is 5. The van der Waals surface area contributed by atoms with E-state index in [0.29, 0.717) is 29.0 Å². The molecule has 0 N–H and O–H groups in total. The second kappa shape index (κ2) is 7.32. The first-order chi connectivity index (χ1) is 13.5. The number of benzene rings is 1. The summed E-state index contributed by atoms with van der Waals surface area (Å²) in [7, 11) is 1.59. The molecule has 0 radical (unpaired) electrons. The lowest BCUT2D eigenvalue weighted by Gasteiger charge is -2.11. The predicted octanol–water partition coefficient (Wildman–Crippen LogP) is 3.10. The third kappa shape index (κ3) is 3.54. The van der Waals surface area contributed by atoms with Gasteiger partial charge in [-0.15, -0.1) is 5.10 Å². The summed E-state index contributed by atoms with van der Waals surface area (Å²) in [5, 5.41) is 4.61. The molecule has 0 saturated heterocycles. The lowest BCUT2D eigenvalue weighted by atomic mass is 10.3. The molecule has 1 aromatic carbocycles. The number of halogens is 1. The highest BCUT2D eigenvalue weighted by Crippen LogP contribution is 2.22. The van der Waals surface area contributed by atoms with Gasteiger partial charge in [-0.3, -0.25) is 4.79 Å². The monoisotopic (exact) mass is 397 g/mol. The molecule has 8 nitrogen and oxygen atoms in total. The highest BCUT2D eigenvalue weighted by Gasteiger charge is 2.14. The first kappa shape index (κ1) is 18.0. The smallest absolute Gasteiger partial charge is 0.343 e. The lowest BCUT2D eigenvalue weighted by molar-refractivity contribution is 0.410. The second-order valence-electron chi connectivity index (χ2n) is 6.08. The predicted molar refractivity (Wildman–Crippen MR) is 103 cm³/mol. The van der Waals surface area contributed by atoms with Crippen molar-refractivity contribution in [2.24, 2.45) is 0 Å². The minimum Gasteiger partial charge on any atom is -0.497 e. The summed E-state index contributed by atoms with van der Waals surface area (Å²) in [6.45, 7) is 2.30. The van der Waals surface area contributed by atoms with Gasteiger partial charge in [0.25, 0.3) is 5.56 Å². The molecule has 4 aromatic rings. The summed E-state index contributed by atoms with van der Waals surface area (Å²) >= 11 is 5.85. The zero-order chi connectivity index (χ0) is 19.7. The molecule has 0 amide bonds. The maximum atomic E-state index is 12.3. The van der Waals surface area contributed by atoms with Crippen LogP contribution in [0, 0.1) is 6.92 Å². The van der Waals surface area contributed by atoms with E-state index in [1.165, 1.54) is 10.6 Å². The van der Waals surface area contributed by atoms with Crippen LogP contribution in [-0.2, 0) is 6.54 Å². The molecule has 0 spiro atoms. The first-order valence-electron chi connectivity index (χ1n) is 8.43. The number of methoxy groups -OCH3 is 1. The van der Waals surface area contributed by atoms with Gasteiger partial charge in [0, 0.05) is 18.0 Å². The maximum absolute atomic E-state index is 12.3. The molecule has 4 rings (SSSR count). The largest absolute Gasteiger partial charge is 0.497 e. The zero-order valence-corrected chi connectivity index (χ0v) is 15.9.